The minimum atomic E-state index is -0.452. The van der Waals surface area contributed by atoms with E-state index in [1.807, 2.05) is 36.6 Å². The second kappa shape index (κ2) is 6.43. The van der Waals surface area contributed by atoms with Crippen LogP contribution in [-0.2, 0) is 9.53 Å². The lowest BCUT2D eigenvalue weighted by molar-refractivity contribution is -0.156. The molecule has 21 heavy (non-hydrogen) atoms. The van der Waals surface area contributed by atoms with E-state index in [0.29, 0.717) is 25.3 Å². The lowest BCUT2D eigenvalue weighted by atomic mass is 10.2. The molecule has 1 aromatic carbocycles. The molecular formula is C16H23FN2O2. The Morgan fingerprint density at radius 1 is 1.19 bits per heavy atom. The highest BCUT2D eigenvalue weighted by molar-refractivity contribution is 5.72. The van der Waals surface area contributed by atoms with Gasteiger partial charge in [0.15, 0.2) is 0 Å². The fraction of sp³-hybridized carbons (Fsp3) is 0.562. The number of carbonyl (C=O) groups excluding carboxylic acids is 1. The summed E-state index contributed by atoms with van der Waals surface area (Å²) in [5.41, 5.74) is 0.181. The summed E-state index contributed by atoms with van der Waals surface area (Å²) < 4.78 is 19.1. The molecule has 0 saturated carbocycles. The van der Waals surface area contributed by atoms with Crippen molar-refractivity contribution in [3.8, 4) is 0 Å². The summed E-state index contributed by atoms with van der Waals surface area (Å²) >= 11 is 0. The monoisotopic (exact) mass is 294 g/mol. The van der Waals surface area contributed by atoms with Crippen LogP contribution < -0.4 is 4.90 Å². The van der Waals surface area contributed by atoms with Crippen LogP contribution in [0, 0.1) is 5.82 Å². The van der Waals surface area contributed by atoms with Gasteiger partial charge in [0.25, 0.3) is 0 Å². The number of para-hydroxylation sites is 1. The Labute approximate surface area is 125 Å². The average molecular weight is 294 g/mol. The topological polar surface area (TPSA) is 32.8 Å². The molecular weight excluding hydrogens is 271 g/mol. The number of rotatable bonds is 3. The highest BCUT2D eigenvalue weighted by Crippen LogP contribution is 2.20. The van der Waals surface area contributed by atoms with Gasteiger partial charge in [-0.25, -0.2) is 4.39 Å². The van der Waals surface area contributed by atoms with Crippen LogP contribution in [-0.4, -0.2) is 49.2 Å². The molecule has 116 valence electrons. The molecule has 1 heterocycles. The van der Waals surface area contributed by atoms with E-state index >= 15 is 0 Å². The Hall–Kier alpha value is -1.62. The molecule has 1 aromatic rings. The SMILES string of the molecule is CC(C)(C)OC(=O)CN1CCN(c2ccccc2F)CC1. The minimum absolute atomic E-state index is 0.196. The molecule has 0 bridgehead atoms. The number of anilines is 1. The predicted octanol–water partition coefficient (Wildman–Crippen LogP) is 2.29. The van der Waals surface area contributed by atoms with E-state index in [0.717, 1.165) is 13.1 Å². The number of hydrogen-bond acceptors (Lipinski definition) is 4. The van der Waals surface area contributed by atoms with E-state index in [4.69, 9.17) is 4.74 Å². The van der Waals surface area contributed by atoms with Crippen molar-refractivity contribution in [2.75, 3.05) is 37.6 Å². The standard InChI is InChI=1S/C16H23FN2O2/c1-16(2,3)21-15(20)12-18-8-10-19(11-9-18)14-7-5-4-6-13(14)17/h4-7H,8-12H2,1-3H3. The molecule has 0 atom stereocenters. The first kappa shape index (κ1) is 15.8. The summed E-state index contributed by atoms with van der Waals surface area (Å²) in [6.07, 6.45) is 0. The van der Waals surface area contributed by atoms with E-state index < -0.39 is 5.60 Å². The lowest BCUT2D eigenvalue weighted by Crippen LogP contribution is -2.48. The summed E-state index contributed by atoms with van der Waals surface area (Å²) in [6, 6.07) is 6.80. The van der Waals surface area contributed by atoms with Gasteiger partial charge in [0, 0.05) is 26.2 Å². The molecule has 2 rings (SSSR count). The predicted molar refractivity (Wildman–Crippen MR) is 80.9 cm³/mol. The smallest absolute Gasteiger partial charge is 0.320 e. The lowest BCUT2D eigenvalue weighted by Gasteiger charge is -2.36. The van der Waals surface area contributed by atoms with Crippen molar-refractivity contribution in [2.45, 2.75) is 26.4 Å². The maximum atomic E-state index is 13.7. The van der Waals surface area contributed by atoms with Crippen molar-refractivity contribution >= 4 is 11.7 Å². The van der Waals surface area contributed by atoms with Crippen LogP contribution in [0.1, 0.15) is 20.8 Å². The highest BCUT2D eigenvalue weighted by atomic mass is 19.1. The molecule has 0 N–H and O–H groups in total. The normalized spacial score (nSPS) is 16.9. The number of carbonyl (C=O) groups is 1. The summed E-state index contributed by atoms with van der Waals surface area (Å²) in [4.78, 5) is 15.9. The average Bonchev–Trinajstić information content (AvgIpc) is 2.38. The maximum Gasteiger partial charge on any atom is 0.320 e. The van der Waals surface area contributed by atoms with Gasteiger partial charge in [-0.05, 0) is 32.9 Å². The van der Waals surface area contributed by atoms with Crippen molar-refractivity contribution in [3.05, 3.63) is 30.1 Å². The van der Waals surface area contributed by atoms with Crippen LogP contribution in [0.15, 0.2) is 24.3 Å². The minimum Gasteiger partial charge on any atom is -0.459 e. The molecule has 0 aliphatic carbocycles. The van der Waals surface area contributed by atoms with E-state index in [-0.39, 0.29) is 11.8 Å². The van der Waals surface area contributed by atoms with Crippen LogP contribution in [0.3, 0.4) is 0 Å². The zero-order valence-corrected chi connectivity index (χ0v) is 12.9. The van der Waals surface area contributed by atoms with Crippen LogP contribution >= 0.6 is 0 Å². The molecule has 1 fully saturated rings. The van der Waals surface area contributed by atoms with Crippen molar-refractivity contribution in [1.29, 1.82) is 0 Å². The quantitative estimate of drug-likeness (QED) is 0.801. The number of ether oxygens (including phenoxy) is 1. The maximum absolute atomic E-state index is 13.7. The Morgan fingerprint density at radius 3 is 2.38 bits per heavy atom. The summed E-state index contributed by atoms with van der Waals surface area (Å²) in [7, 11) is 0. The molecule has 1 aliphatic rings. The first-order valence-corrected chi connectivity index (χ1v) is 7.29. The van der Waals surface area contributed by atoms with E-state index in [1.54, 1.807) is 12.1 Å². The van der Waals surface area contributed by atoms with Gasteiger partial charge in [0.1, 0.15) is 11.4 Å². The van der Waals surface area contributed by atoms with Crippen LogP contribution in [0.5, 0.6) is 0 Å². The van der Waals surface area contributed by atoms with E-state index in [1.165, 1.54) is 6.07 Å². The number of hydrogen-bond donors (Lipinski definition) is 0. The second-order valence-corrected chi connectivity index (χ2v) is 6.30. The third kappa shape index (κ3) is 4.70. The molecule has 5 heteroatoms. The molecule has 4 nitrogen and oxygen atoms in total. The van der Waals surface area contributed by atoms with Gasteiger partial charge in [-0.3, -0.25) is 9.69 Å². The summed E-state index contributed by atoms with van der Waals surface area (Å²) in [6.45, 7) is 8.76. The number of benzene rings is 1. The van der Waals surface area contributed by atoms with Gasteiger partial charge in [-0.2, -0.15) is 0 Å². The zero-order chi connectivity index (χ0) is 15.5. The van der Waals surface area contributed by atoms with Gasteiger partial charge in [0.2, 0.25) is 0 Å². The van der Waals surface area contributed by atoms with E-state index in [2.05, 4.69) is 0 Å². The Bertz CT molecular complexity index is 491. The first-order valence-electron chi connectivity index (χ1n) is 7.29. The summed E-state index contributed by atoms with van der Waals surface area (Å²) in [5.74, 6) is -0.403. The van der Waals surface area contributed by atoms with Crippen molar-refractivity contribution in [1.82, 2.24) is 4.90 Å². The Balaban J connectivity index is 1.84. The number of esters is 1. The molecule has 0 amide bonds. The van der Waals surface area contributed by atoms with E-state index in [9.17, 15) is 9.18 Å². The number of nitrogens with zero attached hydrogens (tertiary/aromatic N) is 2. The Morgan fingerprint density at radius 2 is 1.81 bits per heavy atom. The van der Waals surface area contributed by atoms with Crippen LogP contribution in [0.4, 0.5) is 10.1 Å². The molecule has 1 aliphatic heterocycles. The fourth-order valence-electron chi connectivity index (χ4n) is 2.41. The molecule has 0 radical (unpaired) electrons. The third-order valence-corrected chi connectivity index (χ3v) is 3.34. The van der Waals surface area contributed by atoms with Gasteiger partial charge < -0.3 is 9.64 Å². The van der Waals surface area contributed by atoms with Crippen LogP contribution in [0.25, 0.3) is 0 Å². The molecule has 0 aromatic heterocycles. The largest absolute Gasteiger partial charge is 0.459 e. The van der Waals surface area contributed by atoms with Gasteiger partial charge >= 0.3 is 5.97 Å². The number of piperazine rings is 1. The molecule has 1 saturated heterocycles. The fourth-order valence-corrected chi connectivity index (χ4v) is 2.41. The number of halogens is 1. The third-order valence-electron chi connectivity index (χ3n) is 3.34. The van der Waals surface area contributed by atoms with Crippen molar-refractivity contribution in [3.63, 3.8) is 0 Å². The van der Waals surface area contributed by atoms with Gasteiger partial charge in [-0.1, -0.05) is 12.1 Å². The first-order chi connectivity index (χ1) is 9.85. The molecule has 0 spiro atoms. The van der Waals surface area contributed by atoms with Crippen LogP contribution in [0.2, 0.25) is 0 Å². The molecule has 0 unspecified atom stereocenters. The van der Waals surface area contributed by atoms with Gasteiger partial charge in [-0.15, -0.1) is 0 Å². The summed E-state index contributed by atoms with van der Waals surface area (Å²) in [5, 5.41) is 0. The Kier molecular flexibility index (Phi) is 4.83. The van der Waals surface area contributed by atoms with Crippen molar-refractivity contribution in [2.24, 2.45) is 0 Å². The highest BCUT2D eigenvalue weighted by Gasteiger charge is 2.23. The second-order valence-electron chi connectivity index (χ2n) is 6.30. The van der Waals surface area contributed by atoms with Crippen molar-refractivity contribution < 1.29 is 13.9 Å². The van der Waals surface area contributed by atoms with Gasteiger partial charge in [0.05, 0.1) is 12.2 Å². The zero-order valence-electron chi connectivity index (χ0n) is 12.9.